The van der Waals surface area contributed by atoms with E-state index in [0.717, 1.165) is 5.69 Å². The first-order valence-corrected chi connectivity index (χ1v) is 5.51. The Morgan fingerprint density at radius 3 is 1.89 bits per heavy atom. The molecule has 0 unspecified atom stereocenters. The third-order valence-corrected chi connectivity index (χ3v) is 2.08. The van der Waals surface area contributed by atoms with Crippen LogP contribution < -0.4 is 11.1 Å². The van der Waals surface area contributed by atoms with Crippen molar-refractivity contribution in [3.63, 3.8) is 0 Å². The van der Waals surface area contributed by atoms with E-state index in [0.29, 0.717) is 0 Å². The molecular formula is C15H16N2O. The first kappa shape index (κ1) is 13.5. The highest BCUT2D eigenvalue weighted by Gasteiger charge is 1.90. The molecule has 3 heteroatoms. The van der Waals surface area contributed by atoms with E-state index in [9.17, 15) is 4.79 Å². The average Bonchev–Trinajstić information content (AvgIpc) is 2.41. The Morgan fingerprint density at radius 1 is 1.00 bits per heavy atom. The topological polar surface area (TPSA) is 55.1 Å². The molecule has 18 heavy (non-hydrogen) atoms. The highest BCUT2D eigenvalue weighted by atomic mass is 16.2. The van der Waals surface area contributed by atoms with E-state index in [1.807, 2.05) is 54.6 Å². The van der Waals surface area contributed by atoms with Crippen molar-refractivity contribution in [3.8, 4) is 0 Å². The van der Waals surface area contributed by atoms with E-state index >= 15 is 0 Å². The molecule has 2 aromatic rings. The normalized spacial score (nSPS) is 8.67. The summed E-state index contributed by atoms with van der Waals surface area (Å²) in [4.78, 5) is 10.3. The van der Waals surface area contributed by atoms with E-state index in [4.69, 9.17) is 5.73 Å². The second kappa shape index (κ2) is 7.68. The summed E-state index contributed by atoms with van der Waals surface area (Å²) in [6.07, 6.45) is 1.83. The van der Waals surface area contributed by atoms with Crippen molar-refractivity contribution in [1.82, 2.24) is 0 Å². The zero-order chi connectivity index (χ0) is 13.2. The Hall–Kier alpha value is -2.55. The van der Waals surface area contributed by atoms with Crippen molar-refractivity contribution in [2.24, 2.45) is 5.73 Å². The fourth-order valence-corrected chi connectivity index (χ4v) is 1.25. The minimum atomic E-state index is -0.536. The maximum Gasteiger partial charge on any atom is 0.316 e. The van der Waals surface area contributed by atoms with E-state index in [-0.39, 0.29) is 0 Å². The van der Waals surface area contributed by atoms with Crippen LogP contribution in [0.25, 0.3) is 6.08 Å². The highest BCUT2D eigenvalue weighted by molar-refractivity contribution is 5.87. The zero-order valence-electron chi connectivity index (χ0n) is 10.0. The van der Waals surface area contributed by atoms with Crippen molar-refractivity contribution < 1.29 is 4.79 Å². The van der Waals surface area contributed by atoms with Gasteiger partial charge < -0.3 is 11.1 Å². The maximum atomic E-state index is 10.3. The number of hydrogen-bond acceptors (Lipinski definition) is 1. The number of anilines is 1. The van der Waals surface area contributed by atoms with Gasteiger partial charge in [0.1, 0.15) is 0 Å². The third-order valence-electron chi connectivity index (χ3n) is 2.08. The predicted octanol–water partition coefficient (Wildman–Crippen LogP) is 3.51. The summed E-state index contributed by atoms with van der Waals surface area (Å²) in [5.74, 6) is 0. The Kier molecular flexibility index (Phi) is 5.77. The summed E-state index contributed by atoms with van der Waals surface area (Å²) in [6.45, 7) is 3.63. The van der Waals surface area contributed by atoms with Gasteiger partial charge in [0.15, 0.2) is 0 Å². The van der Waals surface area contributed by atoms with Crippen LogP contribution in [-0.2, 0) is 0 Å². The van der Waals surface area contributed by atoms with Gasteiger partial charge in [-0.25, -0.2) is 4.79 Å². The fourth-order valence-electron chi connectivity index (χ4n) is 1.25. The molecule has 2 rings (SSSR count). The van der Waals surface area contributed by atoms with Crippen molar-refractivity contribution in [1.29, 1.82) is 0 Å². The molecule has 0 fully saturated rings. The molecule has 0 saturated carbocycles. The molecule has 0 spiro atoms. The molecule has 0 atom stereocenters. The van der Waals surface area contributed by atoms with Gasteiger partial charge in [-0.15, -0.1) is 0 Å². The molecule has 3 N–H and O–H groups in total. The number of primary amides is 1. The van der Waals surface area contributed by atoms with Crippen LogP contribution in [0.2, 0.25) is 0 Å². The lowest BCUT2D eigenvalue weighted by molar-refractivity contribution is 0.259. The van der Waals surface area contributed by atoms with Crippen molar-refractivity contribution in [3.05, 3.63) is 72.8 Å². The third kappa shape index (κ3) is 5.51. The summed E-state index contributed by atoms with van der Waals surface area (Å²) >= 11 is 0. The van der Waals surface area contributed by atoms with Gasteiger partial charge in [0.05, 0.1) is 0 Å². The Labute approximate surface area is 107 Å². The van der Waals surface area contributed by atoms with Crippen molar-refractivity contribution >= 4 is 17.8 Å². The van der Waals surface area contributed by atoms with E-state index in [1.54, 1.807) is 12.1 Å². The summed E-state index contributed by atoms with van der Waals surface area (Å²) in [5.41, 5.74) is 6.77. The number of carbonyl (C=O) groups excluding carboxylic acids is 1. The largest absolute Gasteiger partial charge is 0.351 e. The second-order valence-corrected chi connectivity index (χ2v) is 3.47. The molecule has 0 heterocycles. The fraction of sp³-hybridized carbons (Fsp3) is 0. The predicted molar refractivity (Wildman–Crippen MR) is 76.2 cm³/mol. The Bertz CT molecular complexity index is 480. The minimum absolute atomic E-state index is 0.536. The van der Waals surface area contributed by atoms with Gasteiger partial charge in [0.2, 0.25) is 0 Å². The monoisotopic (exact) mass is 240 g/mol. The van der Waals surface area contributed by atoms with Crippen molar-refractivity contribution in [2.75, 3.05) is 5.32 Å². The lowest BCUT2D eigenvalue weighted by Gasteiger charge is -1.97. The number of urea groups is 1. The number of amides is 2. The number of hydrogen-bond donors (Lipinski definition) is 2. The number of carbonyl (C=O) groups is 1. The van der Waals surface area contributed by atoms with E-state index < -0.39 is 6.03 Å². The number of rotatable bonds is 2. The lowest BCUT2D eigenvalue weighted by atomic mass is 10.2. The maximum absolute atomic E-state index is 10.3. The van der Waals surface area contributed by atoms with Crippen LogP contribution in [0.1, 0.15) is 5.56 Å². The van der Waals surface area contributed by atoms with Gasteiger partial charge in [-0.05, 0) is 17.7 Å². The van der Waals surface area contributed by atoms with Crippen LogP contribution in [0.3, 0.4) is 0 Å². The molecule has 2 amide bonds. The van der Waals surface area contributed by atoms with Gasteiger partial charge in [0, 0.05) is 5.69 Å². The zero-order valence-corrected chi connectivity index (χ0v) is 10.0. The van der Waals surface area contributed by atoms with Gasteiger partial charge >= 0.3 is 6.03 Å². The Balaban J connectivity index is 0.000000184. The van der Waals surface area contributed by atoms with Crippen LogP contribution in [-0.4, -0.2) is 6.03 Å². The SMILES string of the molecule is C=Cc1ccccc1.NC(=O)Nc1ccccc1. The number of nitrogens with one attached hydrogen (secondary N) is 1. The van der Waals surface area contributed by atoms with Gasteiger partial charge in [-0.3, -0.25) is 0 Å². The molecule has 3 nitrogen and oxygen atoms in total. The van der Waals surface area contributed by atoms with Crippen LogP contribution in [0, 0.1) is 0 Å². The van der Waals surface area contributed by atoms with E-state index in [1.165, 1.54) is 5.56 Å². The number of para-hydroxylation sites is 1. The quantitative estimate of drug-likeness (QED) is 0.829. The summed E-state index contributed by atoms with van der Waals surface area (Å²) in [5, 5.41) is 2.44. The van der Waals surface area contributed by atoms with Crippen LogP contribution in [0.4, 0.5) is 10.5 Å². The molecule has 0 aromatic heterocycles. The van der Waals surface area contributed by atoms with Gasteiger partial charge in [-0.2, -0.15) is 0 Å². The molecule has 92 valence electrons. The molecule has 0 aliphatic rings. The van der Waals surface area contributed by atoms with Gasteiger partial charge in [-0.1, -0.05) is 61.2 Å². The molecule has 0 radical (unpaired) electrons. The molecule has 2 aromatic carbocycles. The van der Waals surface area contributed by atoms with Crippen LogP contribution >= 0.6 is 0 Å². The smallest absolute Gasteiger partial charge is 0.316 e. The first-order valence-electron chi connectivity index (χ1n) is 5.51. The standard InChI is InChI=1S/C8H8.C7H8N2O/c1-2-8-6-4-3-5-7-8;8-7(10)9-6-4-2-1-3-5-6/h2-7H,1H2;1-5H,(H3,8,9,10). The van der Waals surface area contributed by atoms with Gasteiger partial charge in [0.25, 0.3) is 0 Å². The number of benzene rings is 2. The molecular weight excluding hydrogens is 224 g/mol. The lowest BCUT2D eigenvalue weighted by Crippen LogP contribution is -2.18. The number of nitrogens with two attached hydrogens (primary N) is 1. The van der Waals surface area contributed by atoms with Crippen LogP contribution in [0.5, 0.6) is 0 Å². The molecule has 0 bridgehead atoms. The average molecular weight is 240 g/mol. The minimum Gasteiger partial charge on any atom is -0.351 e. The summed E-state index contributed by atoms with van der Waals surface area (Å²) in [6, 6.07) is 18.5. The van der Waals surface area contributed by atoms with E-state index in [2.05, 4.69) is 11.9 Å². The molecule has 0 aliphatic carbocycles. The first-order chi connectivity index (χ1) is 8.72. The summed E-state index contributed by atoms with van der Waals surface area (Å²) in [7, 11) is 0. The molecule has 0 aliphatic heterocycles. The highest BCUT2D eigenvalue weighted by Crippen LogP contribution is 2.03. The molecule has 0 saturated heterocycles. The van der Waals surface area contributed by atoms with Crippen molar-refractivity contribution in [2.45, 2.75) is 0 Å². The van der Waals surface area contributed by atoms with Crippen LogP contribution in [0.15, 0.2) is 67.2 Å². The second-order valence-electron chi connectivity index (χ2n) is 3.47. The Morgan fingerprint density at radius 2 is 1.50 bits per heavy atom. The summed E-state index contributed by atoms with van der Waals surface area (Å²) < 4.78 is 0.